The molecule has 7 heteroatoms. The van der Waals surface area contributed by atoms with Gasteiger partial charge in [0.05, 0.1) is 24.4 Å². The van der Waals surface area contributed by atoms with Crippen molar-refractivity contribution < 1.29 is 9.47 Å². The third-order valence-electron chi connectivity index (χ3n) is 4.00. The van der Waals surface area contributed by atoms with E-state index in [1.165, 1.54) is 11.7 Å². The topological polar surface area (TPSA) is 88.0 Å². The van der Waals surface area contributed by atoms with E-state index in [-0.39, 0.29) is 15.8 Å². The Balaban J connectivity index is 2.36. The van der Waals surface area contributed by atoms with Gasteiger partial charge in [0.25, 0.3) is 5.56 Å². The normalized spacial score (nSPS) is 10.8. The first-order valence-electron chi connectivity index (χ1n) is 8.18. The highest BCUT2D eigenvalue weighted by Crippen LogP contribution is 2.19. The minimum atomic E-state index is -0.330. The van der Waals surface area contributed by atoms with Crippen LogP contribution in [-0.2, 0) is 0 Å². The Labute approximate surface area is 165 Å². The predicted octanol–water partition coefficient (Wildman–Crippen LogP) is 1.94. The minimum Gasteiger partial charge on any atom is -0.497 e. The third-order valence-corrected chi connectivity index (χ3v) is 5.09. The fourth-order valence-corrected chi connectivity index (χ4v) is 3.70. The lowest BCUT2D eigenvalue weighted by Crippen LogP contribution is -2.31. The Kier molecular flexibility index (Phi) is 5.59. The molecule has 0 radical (unpaired) electrons. The predicted molar refractivity (Wildman–Crippen MR) is 107 cm³/mol. The number of hydrogen-bond acceptors (Lipinski definition) is 6. The van der Waals surface area contributed by atoms with Crippen LogP contribution in [0.25, 0.3) is 17.3 Å². The van der Waals surface area contributed by atoms with E-state index in [9.17, 15) is 15.3 Å². The van der Waals surface area contributed by atoms with Crippen molar-refractivity contribution in [3.63, 3.8) is 0 Å². The molecule has 28 heavy (non-hydrogen) atoms. The van der Waals surface area contributed by atoms with Crippen LogP contribution in [-0.4, -0.2) is 18.8 Å². The standard InChI is InChI=1S/C21H15N3O3S/c1-26-16-9-7-14(8-10-16)11-19-20(25)24(21(28-19)15(12-22)13-23)17-5-3-4-6-18(17)27-2/h3-11H,1-2H3/b19-11-. The molecule has 1 aromatic heterocycles. The van der Waals surface area contributed by atoms with E-state index in [1.54, 1.807) is 49.6 Å². The Morgan fingerprint density at radius 1 is 1.04 bits per heavy atom. The van der Waals surface area contributed by atoms with Crippen molar-refractivity contribution in [2.75, 3.05) is 14.2 Å². The van der Waals surface area contributed by atoms with Gasteiger partial charge in [-0.1, -0.05) is 24.3 Å². The van der Waals surface area contributed by atoms with E-state index in [2.05, 4.69) is 0 Å². The van der Waals surface area contributed by atoms with Crippen LogP contribution >= 0.6 is 11.3 Å². The van der Waals surface area contributed by atoms with E-state index in [0.717, 1.165) is 16.9 Å². The molecule has 0 atom stereocenters. The molecule has 0 fully saturated rings. The molecule has 0 aliphatic rings. The zero-order chi connectivity index (χ0) is 20.1. The summed E-state index contributed by atoms with van der Waals surface area (Å²) in [4.78, 5) is 13.2. The molecule has 3 aromatic rings. The molecule has 1 heterocycles. The van der Waals surface area contributed by atoms with E-state index >= 15 is 0 Å². The number of aromatic nitrogens is 1. The van der Waals surface area contributed by atoms with Crippen molar-refractivity contribution in [1.82, 2.24) is 4.57 Å². The molecule has 138 valence electrons. The number of benzene rings is 2. The van der Waals surface area contributed by atoms with E-state index < -0.39 is 0 Å². The Hall–Kier alpha value is -3.81. The number of ether oxygens (including phenoxy) is 2. The van der Waals surface area contributed by atoms with Gasteiger partial charge in [-0.3, -0.25) is 9.36 Å². The summed E-state index contributed by atoms with van der Waals surface area (Å²) < 4.78 is 12.5. The number of nitrogens with zero attached hydrogens (tertiary/aromatic N) is 3. The van der Waals surface area contributed by atoms with E-state index in [1.807, 2.05) is 24.3 Å². The van der Waals surface area contributed by atoms with Crippen LogP contribution in [0.4, 0.5) is 0 Å². The number of para-hydroxylation sites is 2. The average molecular weight is 389 g/mol. The van der Waals surface area contributed by atoms with Gasteiger partial charge in [0.1, 0.15) is 28.3 Å². The van der Waals surface area contributed by atoms with Gasteiger partial charge in [0.2, 0.25) is 0 Å². The summed E-state index contributed by atoms with van der Waals surface area (Å²) in [5, 5.41) is 18.7. The van der Waals surface area contributed by atoms with Gasteiger partial charge in [-0.15, -0.1) is 11.3 Å². The van der Waals surface area contributed by atoms with Crippen molar-refractivity contribution in [3.8, 4) is 29.3 Å². The lowest BCUT2D eigenvalue weighted by atomic mass is 10.2. The lowest BCUT2D eigenvalue weighted by molar-refractivity contribution is 0.412. The number of rotatable bonds is 4. The van der Waals surface area contributed by atoms with Crippen LogP contribution in [0, 0.1) is 22.7 Å². The summed E-state index contributed by atoms with van der Waals surface area (Å²) >= 11 is 1.09. The summed E-state index contributed by atoms with van der Waals surface area (Å²) in [6.45, 7) is 0. The molecule has 3 rings (SSSR count). The molecule has 0 N–H and O–H groups in total. The molecule has 0 saturated carbocycles. The summed E-state index contributed by atoms with van der Waals surface area (Å²) in [5.41, 5.74) is 0.803. The fraction of sp³-hybridized carbons (Fsp3) is 0.0952. The second kappa shape index (κ2) is 8.26. The van der Waals surface area contributed by atoms with Crippen molar-refractivity contribution in [1.29, 1.82) is 10.5 Å². The summed E-state index contributed by atoms with van der Waals surface area (Å²) in [6.07, 6.45) is 1.72. The van der Waals surface area contributed by atoms with Gasteiger partial charge in [-0.2, -0.15) is 10.5 Å². The summed E-state index contributed by atoms with van der Waals surface area (Å²) in [6, 6.07) is 17.9. The van der Waals surface area contributed by atoms with Gasteiger partial charge in [0.15, 0.2) is 5.57 Å². The number of methoxy groups -OCH3 is 2. The molecule has 2 aromatic carbocycles. The molecule has 0 amide bonds. The van der Waals surface area contributed by atoms with Crippen LogP contribution in [0.5, 0.6) is 11.5 Å². The van der Waals surface area contributed by atoms with Crippen LogP contribution < -0.4 is 24.2 Å². The largest absolute Gasteiger partial charge is 0.497 e. The molecule has 0 aliphatic carbocycles. The van der Waals surface area contributed by atoms with Crippen LogP contribution in [0.15, 0.2) is 53.3 Å². The Bertz CT molecular complexity index is 1260. The highest BCUT2D eigenvalue weighted by atomic mass is 32.1. The second-order valence-corrected chi connectivity index (χ2v) is 6.63. The van der Waals surface area contributed by atoms with Gasteiger partial charge in [-0.05, 0) is 35.9 Å². The molecule has 0 saturated heterocycles. The molecular weight excluding hydrogens is 374 g/mol. The maximum absolute atomic E-state index is 13.2. The highest BCUT2D eigenvalue weighted by Gasteiger charge is 2.14. The van der Waals surface area contributed by atoms with Crippen LogP contribution in [0.2, 0.25) is 0 Å². The monoisotopic (exact) mass is 389 g/mol. The zero-order valence-corrected chi connectivity index (χ0v) is 16.0. The van der Waals surface area contributed by atoms with E-state index in [4.69, 9.17) is 9.47 Å². The summed E-state index contributed by atoms with van der Waals surface area (Å²) in [7, 11) is 3.08. The fourth-order valence-electron chi connectivity index (χ4n) is 2.66. The molecule has 0 unspecified atom stereocenters. The van der Waals surface area contributed by atoms with Crippen molar-refractivity contribution in [2.24, 2.45) is 0 Å². The maximum atomic E-state index is 13.2. The van der Waals surface area contributed by atoms with Gasteiger partial charge < -0.3 is 9.47 Å². The zero-order valence-electron chi connectivity index (χ0n) is 15.2. The van der Waals surface area contributed by atoms with Gasteiger partial charge in [0, 0.05) is 0 Å². The van der Waals surface area contributed by atoms with Crippen molar-refractivity contribution in [2.45, 2.75) is 0 Å². The summed E-state index contributed by atoms with van der Waals surface area (Å²) in [5.74, 6) is 1.18. The molecular formula is C21H15N3O3S. The Morgan fingerprint density at radius 2 is 1.71 bits per heavy atom. The smallest absolute Gasteiger partial charge is 0.273 e. The van der Waals surface area contributed by atoms with Crippen molar-refractivity contribution in [3.05, 3.63) is 73.6 Å². The first kappa shape index (κ1) is 19.0. The van der Waals surface area contributed by atoms with Gasteiger partial charge >= 0.3 is 0 Å². The number of nitriles is 2. The molecule has 0 aliphatic heterocycles. The Morgan fingerprint density at radius 3 is 2.32 bits per heavy atom. The van der Waals surface area contributed by atoms with Crippen LogP contribution in [0.3, 0.4) is 0 Å². The minimum absolute atomic E-state index is 0.137. The highest BCUT2D eigenvalue weighted by molar-refractivity contribution is 7.07. The maximum Gasteiger partial charge on any atom is 0.273 e. The van der Waals surface area contributed by atoms with Crippen molar-refractivity contribution >= 4 is 23.0 Å². The lowest BCUT2D eigenvalue weighted by Gasteiger charge is -2.08. The first-order chi connectivity index (χ1) is 13.6. The van der Waals surface area contributed by atoms with Crippen LogP contribution in [0.1, 0.15) is 5.56 Å². The number of hydrogen-bond donors (Lipinski definition) is 0. The first-order valence-corrected chi connectivity index (χ1v) is 9.00. The SMILES string of the molecule is COc1ccc(/C=c2\sc(=C(C#N)C#N)n(-c3ccccc3OC)c2=O)cc1. The quantitative estimate of drug-likeness (QED) is 0.680. The third kappa shape index (κ3) is 3.52. The molecule has 6 nitrogen and oxygen atoms in total. The molecule has 0 bridgehead atoms. The second-order valence-electron chi connectivity index (χ2n) is 5.60. The number of thiazole rings is 1. The average Bonchev–Trinajstić information content (AvgIpc) is 3.05. The van der Waals surface area contributed by atoms with Gasteiger partial charge in [-0.25, -0.2) is 0 Å². The van der Waals surface area contributed by atoms with E-state index in [0.29, 0.717) is 21.7 Å². The molecule has 0 spiro atoms.